The van der Waals surface area contributed by atoms with E-state index < -0.39 is 23.5 Å². The van der Waals surface area contributed by atoms with E-state index in [1.54, 1.807) is 42.5 Å². The number of rotatable bonds is 6. The molecule has 1 aliphatic rings. The number of aliphatic hydroxyl groups excluding tert-OH is 1. The van der Waals surface area contributed by atoms with Gasteiger partial charge < -0.3 is 9.84 Å². The number of benzene rings is 3. The van der Waals surface area contributed by atoms with Crippen molar-refractivity contribution < 1.29 is 23.8 Å². The molecule has 3 aromatic rings. The number of anilines is 1. The molecule has 1 heterocycles. The summed E-state index contributed by atoms with van der Waals surface area (Å²) in [4.78, 5) is 27.7. The number of ether oxygens (including phenoxy) is 1. The van der Waals surface area contributed by atoms with Gasteiger partial charge in [0.25, 0.3) is 11.7 Å². The number of amides is 1. The van der Waals surface area contributed by atoms with Crippen molar-refractivity contribution in [2.75, 3.05) is 11.5 Å². The lowest BCUT2D eigenvalue weighted by molar-refractivity contribution is -0.132. The average molecular weight is 460 g/mol. The Morgan fingerprint density at radius 2 is 1.76 bits per heavy atom. The summed E-state index contributed by atoms with van der Waals surface area (Å²) in [6.07, 6.45) is 0. The van der Waals surface area contributed by atoms with Crippen LogP contribution in [0.15, 0.2) is 78.4 Å². The Labute approximate surface area is 198 Å². The fraction of sp³-hybridized carbons (Fsp3) is 0.214. The predicted molar refractivity (Wildman–Crippen MR) is 129 cm³/mol. The third-order valence-corrected chi connectivity index (χ3v) is 5.70. The second-order valence-corrected chi connectivity index (χ2v) is 8.74. The van der Waals surface area contributed by atoms with E-state index in [1.807, 2.05) is 32.9 Å². The van der Waals surface area contributed by atoms with Crippen molar-refractivity contribution >= 4 is 23.1 Å². The first-order valence-electron chi connectivity index (χ1n) is 11.1. The van der Waals surface area contributed by atoms with Crippen LogP contribution in [0.2, 0.25) is 0 Å². The Hall–Kier alpha value is -3.93. The molecule has 1 aliphatic heterocycles. The maximum Gasteiger partial charge on any atom is 0.300 e. The predicted octanol–water partition coefficient (Wildman–Crippen LogP) is 5.80. The number of hydrogen-bond acceptors (Lipinski definition) is 4. The summed E-state index contributed by atoms with van der Waals surface area (Å²) in [7, 11) is 0. The highest BCUT2D eigenvalue weighted by atomic mass is 19.1. The zero-order valence-electron chi connectivity index (χ0n) is 19.3. The molecule has 0 aromatic heterocycles. The van der Waals surface area contributed by atoms with E-state index in [2.05, 4.69) is 0 Å². The number of aliphatic hydroxyl groups is 1. The summed E-state index contributed by atoms with van der Waals surface area (Å²) in [6, 6.07) is 18.7. The van der Waals surface area contributed by atoms with Crippen LogP contribution in [-0.4, -0.2) is 23.4 Å². The van der Waals surface area contributed by atoms with Crippen LogP contribution in [0.1, 0.15) is 36.6 Å². The number of hydrogen-bond donors (Lipinski definition) is 1. The van der Waals surface area contributed by atoms with Gasteiger partial charge in [0.1, 0.15) is 17.3 Å². The quantitative estimate of drug-likeness (QED) is 0.288. The number of halogens is 1. The molecule has 1 saturated heterocycles. The van der Waals surface area contributed by atoms with Crippen LogP contribution in [0.5, 0.6) is 5.75 Å². The van der Waals surface area contributed by atoms with Crippen molar-refractivity contribution in [2.45, 2.75) is 26.8 Å². The Morgan fingerprint density at radius 3 is 2.47 bits per heavy atom. The largest absolute Gasteiger partial charge is 0.507 e. The van der Waals surface area contributed by atoms with Crippen LogP contribution in [0.4, 0.5) is 10.1 Å². The van der Waals surface area contributed by atoms with Crippen LogP contribution >= 0.6 is 0 Å². The van der Waals surface area contributed by atoms with Gasteiger partial charge in [-0.15, -0.1) is 0 Å². The molecule has 3 aromatic carbocycles. The number of nitrogens with zero attached hydrogens (tertiary/aromatic N) is 1. The molecule has 0 spiro atoms. The standard InChI is InChI=1S/C28H26FNO4/c1-17(2)16-34-22-12-6-9-19(14-22)26(31)24-25(23-13-5-4-8-18(23)3)30(28(33)27(24)32)21-11-7-10-20(29)15-21/h4-15,17,25,31H,16H2,1-3H3/b26-24+. The Balaban J connectivity index is 1.89. The number of aryl methyl sites for hydroxylation is 1. The second-order valence-electron chi connectivity index (χ2n) is 8.74. The normalized spacial score (nSPS) is 17.4. The van der Waals surface area contributed by atoms with E-state index in [0.29, 0.717) is 29.4 Å². The van der Waals surface area contributed by atoms with Gasteiger partial charge in [0.15, 0.2) is 0 Å². The van der Waals surface area contributed by atoms with Crippen molar-refractivity contribution in [3.63, 3.8) is 0 Å². The zero-order valence-corrected chi connectivity index (χ0v) is 19.3. The van der Waals surface area contributed by atoms with Crippen LogP contribution in [-0.2, 0) is 9.59 Å². The third kappa shape index (κ3) is 4.44. The van der Waals surface area contributed by atoms with Crippen LogP contribution in [0.25, 0.3) is 5.76 Å². The smallest absolute Gasteiger partial charge is 0.300 e. The minimum absolute atomic E-state index is 0.0513. The minimum Gasteiger partial charge on any atom is -0.507 e. The second kappa shape index (κ2) is 9.51. The van der Waals surface area contributed by atoms with Gasteiger partial charge in [-0.3, -0.25) is 14.5 Å². The molecule has 0 saturated carbocycles. The number of carbonyl (C=O) groups is 2. The van der Waals surface area contributed by atoms with Crippen LogP contribution < -0.4 is 9.64 Å². The first-order chi connectivity index (χ1) is 16.3. The molecule has 1 unspecified atom stereocenters. The molecular weight excluding hydrogens is 433 g/mol. The summed E-state index contributed by atoms with van der Waals surface area (Å²) >= 11 is 0. The summed E-state index contributed by atoms with van der Waals surface area (Å²) in [6.45, 7) is 6.42. The Bertz CT molecular complexity index is 1280. The molecule has 5 nitrogen and oxygen atoms in total. The fourth-order valence-electron chi connectivity index (χ4n) is 4.06. The van der Waals surface area contributed by atoms with Gasteiger partial charge in [0.05, 0.1) is 18.2 Å². The summed E-state index contributed by atoms with van der Waals surface area (Å²) < 4.78 is 19.8. The highest BCUT2D eigenvalue weighted by Gasteiger charge is 2.47. The van der Waals surface area contributed by atoms with E-state index in [1.165, 1.54) is 23.1 Å². The van der Waals surface area contributed by atoms with Gasteiger partial charge in [0, 0.05) is 11.3 Å². The first kappa shape index (κ1) is 23.2. The lowest BCUT2D eigenvalue weighted by Gasteiger charge is -2.26. The van der Waals surface area contributed by atoms with Crippen molar-refractivity contribution in [3.8, 4) is 5.75 Å². The maximum atomic E-state index is 14.0. The molecule has 1 atom stereocenters. The molecule has 1 N–H and O–H groups in total. The lowest BCUT2D eigenvalue weighted by Crippen LogP contribution is -2.29. The number of ketones is 1. The van der Waals surface area contributed by atoms with Crippen molar-refractivity contribution in [1.29, 1.82) is 0 Å². The maximum absolute atomic E-state index is 14.0. The zero-order chi connectivity index (χ0) is 24.4. The van der Waals surface area contributed by atoms with E-state index >= 15 is 0 Å². The highest BCUT2D eigenvalue weighted by molar-refractivity contribution is 6.51. The molecule has 1 amide bonds. The summed E-state index contributed by atoms with van der Waals surface area (Å²) in [5, 5.41) is 11.3. The summed E-state index contributed by atoms with van der Waals surface area (Å²) in [5.74, 6) is -1.63. The van der Waals surface area contributed by atoms with Crippen molar-refractivity contribution in [3.05, 3.63) is 101 Å². The molecule has 6 heteroatoms. The molecule has 1 fully saturated rings. The van der Waals surface area contributed by atoms with Gasteiger partial charge in [-0.1, -0.05) is 56.3 Å². The topological polar surface area (TPSA) is 66.8 Å². The Morgan fingerprint density at radius 1 is 1.03 bits per heavy atom. The molecule has 0 aliphatic carbocycles. The van der Waals surface area contributed by atoms with Crippen molar-refractivity contribution in [1.82, 2.24) is 0 Å². The van der Waals surface area contributed by atoms with Crippen LogP contribution in [0, 0.1) is 18.7 Å². The molecule has 34 heavy (non-hydrogen) atoms. The Kier molecular flexibility index (Phi) is 6.50. The van der Waals surface area contributed by atoms with Gasteiger partial charge in [-0.2, -0.15) is 0 Å². The van der Waals surface area contributed by atoms with E-state index in [9.17, 15) is 19.1 Å². The van der Waals surface area contributed by atoms with E-state index in [0.717, 1.165) is 5.56 Å². The molecule has 0 bridgehead atoms. The fourth-order valence-corrected chi connectivity index (χ4v) is 4.06. The van der Waals surface area contributed by atoms with Crippen molar-refractivity contribution in [2.24, 2.45) is 5.92 Å². The molecule has 4 rings (SSSR count). The van der Waals surface area contributed by atoms with Gasteiger partial charge >= 0.3 is 0 Å². The van der Waals surface area contributed by atoms with E-state index in [-0.39, 0.29) is 17.0 Å². The first-order valence-corrected chi connectivity index (χ1v) is 11.1. The highest BCUT2D eigenvalue weighted by Crippen LogP contribution is 2.43. The van der Waals surface area contributed by atoms with Gasteiger partial charge in [0.2, 0.25) is 0 Å². The molecular formula is C28H26FNO4. The lowest BCUT2D eigenvalue weighted by atomic mass is 9.92. The van der Waals surface area contributed by atoms with Gasteiger partial charge in [-0.05, 0) is 54.3 Å². The number of carbonyl (C=O) groups excluding carboxylic acids is 2. The minimum atomic E-state index is -0.914. The average Bonchev–Trinajstić information content (AvgIpc) is 3.08. The molecule has 0 radical (unpaired) electrons. The van der Waals surface area contributed by atoms with Gasteiger partial charge in [-0.25, -0.2) is 4.39 Å². The molecule has 174 valence electrons. The SMILES string of the molecule is Cc1ccccc1C1/C(=C(\O)c2cccc(OCC(C)C)c2)C(=O)C(=O)N1c1cccc(F)c1. The van der Waals surface area contributed by atoms with Crippen LogP contribution in [0.3, 0.4) is 0 Å². The monoisotopic (exact) mass is 459 g/mol. The number of Topliss-reactive ketones (excluding diaryl/α,β-unsaturated/α-hetero) is 1. The third-order valence-electron chi connectivity index (χ3n) is 5.70. The van der Waals surface area contributed by atoms with E-state index in [4.69, 9.17) is 4.74 Å². The summed E-state index contributed by atoms with van der Waals surface area (Å²) in [5.41, 5.74) is 2.04.